The molecule has 0 atom stereocenters. The summed E-state index contributed by atoms with van der Waals surface area (Å²) >= 11 is 0. The summed E-state index contributed by atoms with van der Waals surface area (Å²) in [5.74, 6) is 1.86. The Morgan fingerprint density at radius 3 is 2.16 bits per heavy atom. The Morgan fingerprint density at radius 2 is 1.64 bits per heavy atom. The van der Waals surface area contributed by atoms with E-state index in [1.165, 1.54) is 6.07 Å². The van der Waals surface area contributed by atoms with Crippen LogP contribution in [0.25, 0.3) is 0 Å². The minimum absolute atomic E-state index is 0.0735. The molecule has 0 spiro atoms. The molecule has 0 saturated carbocycles. The van der Waals surface area contributed by atoms with Crippen LogP contribution in [0.2, 0.25) is 18.1 Å². The average molecular weight is 359 g/mol. The summed E-state index contributed by atoms with van der Waals surface area (Å²) in [7, 11) is -2.00. The maximum Gasteiger partial charge on any atom is 0.272 e. The molecule has 0 aliphatic heterocycles. The lowest BCUT2D eigenvalue weighted by Gasteiger charge is -2.36. The van der Waals surface area contributed by atoms with E-state index in [2.05, 4.69) is 33.9 Å². The monoisotopic (exact) mass is 359 g/mol. The van der Waals surface area contributed by atoms with Gasteiger partial charge in [-0.1, -0.05) is 32.9 Å². The lowest BCUT2D eigenvalue weighted by molar-refractivity contribution is -0.385. The number of hydrogen-bond donors (Lipinski definition) is 0. The van der Waals surface area contributed by atoms with Crippen LogP contribution in [0.3, 0.4) is 0 Å². The zero-order valence-electron chi connectivity index (χ0n) is 15.6. The highest BCUT2D eigenvalue weighted by Crippen LogP contribution is 2.41. The lowest BCUT2D eigenvalue weighted by atomic mass is 10.2. The molecule has 134 valence electrons. The molecule has 0 unspecified atom stereocenters. The standard InChI is InChI=1S/C19H25NO4Si/c1-14-13-15(11-12-16(14)20(21)22)23-17-9-7-8-10-18(17)24-25(5,6)19(2,3)4/h7-13H,1-6H3. The molecule has 0 heterocycles. The van der Waals surface area contributed by atoms with Gasteiger partial charge in [0.25, 0.3) is 14.0 Å². The molecule has 6 heteroatoms. The van der Waals surface area contributed by atoms with E-state index in [4.69, 9.17) is 9.16 Å². The van der Waals surface area contributed by atoms with E-state index in [1.54, 1.807) is 19.1 Å². The predicted molar refractivity (Wildman–Crippen MR) is 102 cm³/mol. The number of benzene rings is 2. The van der Waals surface area contributed by atoms with E-state index >= 15 is 0 Å². The van der Waals surface area contributed by atoms with Crippen LogP contribution in [0.4, 0.5) is 5.69 Å². The molecule has 2 rings (SSSR count). The SMILES string of the molecule is Cc1cc(Oc2ccccc2O[Si](C)(C)C(C)(C)C)ccc1[N+](=O)[O-]. The number of ether oxygens (including phenoxy) is 1. The van der Waals surface area contributed by atoms with Crippen molar-refractivity contribution in [2.45, 2.75) is 45.8 Å². The van der Waals surface area contributed by atoms with E-state index in [0.29, 0.717) is 22.8 Å². The van der Waals surface area contributed by atoms with Crippen molar-refractivity contribution in [2.24, 2.45) is 0 Å². The molecule has 2 aromatic carbocycles. The molecular formula is C19H25NO4Si. The Labute approximate surface area is 149 Å². The van der Waals surface area contributed by atoms with Crippen molar-refractivity contribution in [1.29, 1.82) is 0 Å². The Hall–Kier alpha value is -2.34. The van der Waals surface area contributed by atoms with Crippen molar-refractivity contribution in [2.75, 3.05) is 0 Å². The molecule has 0 aromatic heterocycles. The van der Waals surface area contributed by atoms with Gasteiger partial charge >= 0.3 is 0 Å². The van der Waals surface area contributed by atoms with Crippen LogP contribution in [0.15, 0.2) is 42.5 Å². The maximum absolute atomic E-state index is 10.9. The number of hydrogen-bond acceptors (Lipinski definition) is 4. The first-order chi connectivity index (χ1) is 11.5. The van der Waals surface area contributed by atoms with Crippen molar-refractivity contribution in [3.05, 3.63) is 58.1 Å². The van der Waals surface area contributed by atoms with E-state index in [9.17, 15) is 10.1 Å². The van der Waals surface area contributed by atoms with Crippen LogP contribution in [-0.4, -0.2) is 13.2 Å². The Balaban J connectivity index is 2.30. The zero-order valence-corrected chi connectivity index (χ0v) is 16.6. The van der Waals surface area contributed by atoms with Gasteiger partial charge < -0.3 is 9.16 Å². The van der Waals surface area contributed by atoms with Gasteiger partial charge in [0.1, 0.15) is 11.5 Å². The van der Waals surface area contributed by atoms with Gasteiger partial charge in [-0.15, -0.1) is 0 Å². The van der Waals surface area contributed by atoms with Gasteiger partial charge in [-0.25, -0.2) is 0 Å². The van der Waals surface area contributed by atoms with Gasteiger partial charge in [0, 0.05) is 11.6 Å². The first-order valence-electron chi connectivity index (χ1n) is 8.22. The molecule has 0 bridgehead atoms. The van der Waals surface area contributed by atoms with Gasteiger partial charge in [0.05, 0.1) is 4.92 Å². The van der Waals surface area contributed by atoms with Gasteiger partial charge in [-0.3, -0.25) is 10.1 Å². The topological polar surface area (TPSA) is 61.6 Å². The van der Waals surface area contributed by atoms with E-state index in [1.807, 2.05) is 24.3 Å². The van der Waals surface area contributed by atoms with E-state index in [-0.39, 0.29) is 10.7 Å². The molecule has 0 N–H and O–H groups in total. The number of rotatable bonds is 5. The highest BCUT2D eigenvalue weighted by Gasteiger charge is 2.39. The number of aryl methyl sites for hydroxylation is 1. The Morgan fingerprint density at radius 1 is 1.04 bits per heavy atom. The molecule has 0 fully saturated rings. The second-order valence-electron chi connectivity index (χ2n) is 7.62. The summed E-state index contributed by atoms with van der Waals surface area (Å²) < 4.78 is 12.3. The largest absolute Gasteiger partial charge is 0.541 e. The second kappa shape index (κ2) is 6.88. The number of para-hydroxylation sites is 2. The maximum atomic E-state index is 10.9. The number of nitro benzene ring substituents is 1. The molecular weight excluding hydrogens is 334 g/mol. The van der Waals surface area contributed by atoms with E-state index < -0.39 is 13.2 Å². The molecule has 2 aromatic rings. The number of nitrogens with zero attached hydrogens (tertiary/aromatic N) is 1. The third kappa shape index (κ3) is 4.39. The first-order valence-corrected chi connectivity index (χ1v) is 11.1. The molecule has 0 saturated heterocycles. The average Bonchev–Trinajstić information content (AvgIpc) is 2.47. The molecule has 5 nitrogen and oxygen atoms in total. The highest BCUT2D eigenvalue weighted by molar-refractivity contribution is 6.74. The van der Waals surface area contributed by atoms with Gasteiger partial charge in [-0.2, -0.15) is 0 Å². The van der Waals surface area contributed by atoms with Crippen LogP contribution in [0, 0.1) is 17.0 Å². The van der Waals surface area contributed by atoms with Crippen molar-refractivity contribution in [3.8, 4) is 17.2 Å². The van der Waals surface area contributed by atoms with Gasteiger partial charge in [-0.05, 0) is 49.3 Å². The van der Waals surface area contributed by atoms with Crippen LogP contribution >= 0.6 is 0 Å². The fourth-order valence-electron chi connectivity index (χ4n) is 2.07. The van der Waals surface area contributed by atoms with Crippen molar-refractivity contribution < 1.29 is 14.1 Å². The third-order valence-electron chi connectivity index (χ3n) is 4.61. The molecule has 25 heavy (non-hydrogen) atoms. The number of nitro groups is 1. The smallest absolute Gasteiger partial charge is 0.272 e. The predicted octanol–water partition coefficient (Wildman–Crippen LogP) is 6.08. The fourth-order valence-corrected chi connectivity index (χ4v) is 3.09. The summed E-state index contributed by atoms with van der Waals surface area (Å²) in [5, 5.41) is 11.0. The van der Waals surface area contributed by atoms with Crippen molar-refractivity contribution >= 4 is 14.0 Å². The van der Waals surface area contributed by atoms with Crippen LogP contribution in [0.5, 0.6) is 17.2 Å². The molecule has 0 aliphatic carbocycles. The summed E-state index contributed by atoms with van der Waals surface area (Å²) in [5.41, 5.74) is 0.642. The summed E-state index contributed by atoms with van der Waals surface area (Å²) in [4.78, 5) is 10.6. The minimum Gasteiger partial charge on any atom is -0.541 e. The van der Waals surface area contributed by atoms with Crippen LogP contribution in [-0.2, 0) is 0 Å². The van der Waals surface area contributed by atoms with Crippen LogP contribution in [0.1, 0.15) is 26.3 Å². The third-order valence-corrected chi connectivity index (χ3v) is 8.96. The van der Waals surface area contributed by atoms with Crippen molar-refractivity contribution in [1.82, 2.24) is 0 Å². The summed E-state index contributed by atoms with van der Waals surface area (Å²) in [6, 6.07) is 12.3. The quantitative estimate of drug-likeness (QED) is 0.369. The minimum atomic E-state index is -2.00. The van der Waals surface area contributed by atoms with E-state index in [0.717, 1.165) is 0 Å². The molecule has 0 amide bonds. The Bertz CT molecular complexity index is 781. The van der Waals surface area contributed by atoms with Crippen molar-refractivity contribution in [3.63, 3.8) is 0 Å². The fraction of sp³-hybridized carbons (Fsp3) is 0.368. The second-order valence-corrected chi connectivity index (χ2v) is 12.3. The highest BCUT2D eigenvalue weighted by atomic mass is 28.4. The van der Waals surface area contributed by atoms with Gasteiger partial charge in [0.15, 0.2) is 5.75 Å². The van der Waals surface area contributed by atoms with Crippen LogP contribution < -0.4 is 9.16 Å². The van der Waals surface area contributed by atoms with Gasteiger partial charge in [0.2, 0.25) is 0 Å². The lowest BCUT2D eigenvalue weighted by Crippen LogP contribution is -2.43. The summed E-state index contributed by atoms with van der Waals surface area (Å²) in [6.07, 6.45) is 0. The normalized spacial score (nSPS) is 11.9. The molecule has 0 aliphatic rings. The molecule has 0 radical (unpaired) electrons. The summed E-state index contributed by atoms with van der Waals surface area (Å²) in [6.45, 7) is 12.6. The first kappa shape index (κ1) is 19.0. The zero-order chi connectivity index (χ0) is 18.8. The Kier molecular flexibility index (Phi) is 5.22.